The summed E-state index contributed by atoms with van der Waals surface area (Å²) in [6, 6.07) is 42.3. The molecule has 3 aliphatic rings. The second-order valence-electron chi connectivity index (χ2n) is 13.6. The van der Waals surface area contributed by atoms with E-state index in [0.717, 1.165) is 17.0 Å². The lowest BCUT2D eigenvalue weighted by molar-refractivity contribution is 0.395. The zero-order valence-electron chi connectivity index (χ0n) is 26.7. The molecular formula is C44H39NS. The summed E-state index contributed by atoms with van der Waals surface area (Å²) in [6.45, 7) is 7.01. The third-order valence-electron chi connectivity index (χ3n) is 10.6. The molecule has 0 bridgehead atoms. The molecule has 0 saturated carbocycles. The average molecular weight is 614 g/mol. The molecule has 0 spiro atoms. The molecule has 8 rings (SSSR count). The van der Waals surface area contributed by atoms with E-state index < -0.39 is 0 Å². The molecule has 5 aromatic carbocycles. The van der Waals surface area contributed by atoms with Crippen molar-refractivity contribution >= 4 is 40.3 Å². The molecule has 3 atom stereocenters. The highest BCUT2D eigenvalue weighted by atomic mass is 32.1. The van der Waals surface area contributed by atoms with Gasteiger partial charge in [0.05, 0.1) is 0 Å². The Hall–Kier alpha value is -4.53. The van der Waals surface area contributed by atoms with Crippen LogP contribution in [0.4, 0.5) is 11.4 Å². The van der Waals surface area contributed by atoms with E-state index >= 15 is 0 Å². The van der Waals surface area contributed by atoms with Crippen LogP contribution in [0.1, 0.15) is 59.9 Å². The topological polar surface area (TPSA) is 3.24 Å². The number of benzene rings is 5. The van der Waals surface area contributed by atoms with Gasteiger partial charge < -0.3 is 4.90 Å². The standard InChI is InChI=1S/C44H39NS/c1-29-10-4-7-13-37(29)40-28-36(23-25-43(40)46)45(35-22-18-30-11-5-6-12-32(30)26-35)34-20-16-31(17-21-34)33-19-24-39-38-14-8-9-15-41(38)44(2,3)42(39)27-33/h4-27,39-40,42,46H,28H2,1-3H3. The molecule has 0 aromatic heterocycles. The number of hydrogen-bond acceptors (Lipinski definition) is 2. The summed E-state index contributed by atoms with van der Waals surface area (Å²) in [5.74, 6) is 1.12. The van der Waals surface area contributed by atoms with Gasteiger partial charge in [0, 0.05) is 28.9 Å². The lowest BCUT2D eigenvalue weighted by atomic mass is 9.73. The van der Waals surface area contributed by atoms with Crippen molar-refractivity contribution in [1.82, 2.24) is 0 Å². The first kappa shape index (κ1) is 28.9. The summed E-state index contributed by atoms with van der Waals surface area (Å²) in [5, 5.41) is 2.49. The fourth-order valence-corrected chi connectivity index (χ4v) is 8.38. The quantitative estimate of drug-likeness (QED) is 0.193. The van der Waals surface area contributed by atoms with Gasteiger partial charge >= 0.3 is 0 Å². The van der Waals surface area contributed by atoms with Crippen LogP contribution in [0.5, 0.6) is 0 Å². The van der Waals surface area contributed by atoms with Gasteiger partial charge in [-0.2, -0.15) is 0 Å². The fourth-order valence-electron chi connectivity index (χ4n) is 8.07. The molecule has 0 saturated heterocycles. The Kier molecular flexibility index (Phi) is 7.14. The molecule has 0 heterocycles. The highest BCUT2D eigenvalue weighted by molar-refractivity contribution is 7.84. The molecular weight excluding hydrogens is 575 g/mol. The average Bonchev–Trinajstić information content (AvgIpc) is 3.32. The van der Waals surface area contributed by atoms with E-state index in [1.165, 1.54) is 55.5 Å². The zero-order valence-corrected chi connectivity index (χ0v) is 27.6. The normalized spacial score (nSPS) is 21.2. The van der Waals surface area contributed by atoms with E-state index in [9.17, 15) is 0 Å². The van der Waals surface area contributed by atoms with Crippen molar-refractivity contribution in [3.63, 3.8) is 0 Å². The van der Waals surface area contributed by atoms with Crippen LogP contribution in [-0.4, -0.2) is 0 Å². The van der Waals surface area contributed by atoms with Crippen molar-refractivity contribution in [3.8, 4) is 0 Å². The van der Waals surface area contributed by atoms with E-state index in [4.69, 9.17) is 12.6 Å². The van der Waals surface area contributed by atoms with Gasteiger partial charge in [0.2, 0.25) is 0 Å². The molecule has 0 radical (unpaired) electrons. The molecule has 226 valence electrons. The number of rotatable bonds is 5. The molecule has 3 aliphatic carbocycles. The predicted molar refractivity (Wildman–Crippen MR) is 199 cm³/mol. The van der Waals surface area contributed by atoms with Crippen LogP contribution in [0.3, 0.4) is 0 Å². The van der Waals surface area contributed by atoms with Crippen LogP contribution in [0, 0.1) is 12.8 Å². The number of allylic oxidation sites excluding steroid dienone is 8. The molecule has 0 N–H and O–H groups in total. The van der Waals surface area contributed by atoms with Crippen molar-refractivity contribution in [2.75, 3.05) is 4.90 Å². The Morgan fingerprint density at radius 3 is 2.22 bits per heavy atom. The second kappa shape index (κ2) is 11.4. The Morgan fingerprint density at radius 1 is 0.717 bits per heavy atom. The summed E-state index contributed by atoms with van der Waals surface area (Å²) in [6.07, 6.45) is 12.6. The Balaban J connectivity index is 1.17. The summed E-state index contributed by atoms with van der Waals surface area (Å²) in [4.78, 5) is 3.55. The second-order valence-corrected chi connectivity index (χ2v) is 14.1. The molecule has 0 amide bonds. The predicted octanol–water partition coefficient (Wildman–Crippen LogP) is 11.8. The third-order valence-corrected chi connectivity index (χ3v) is 11.1. The van der Waals surface area contributed by atoms with Crippen molar-refractivity contribution in [3.05, 3.63) is 184 Å². The number of anilines is 2. The summed E-state index contributed by atoms with van der Waals surface area (Å²) >= 11 is 4.96. The van der Waals surface area contributed by atoms with Gasteiger partial charge in [-0.1, -0.05) is 129 Å². The zero-order chi connectivity index (χ0) is 31.4. The third kappa shape index (κ3) is 4.87. The van der Waals surface area contributed by atoms with Crippen molar-refractivity contribution < 1.29 is 0 Å². The van der Waals surface area contributed by atoms with Crippen LogP contribution in [0.15, 0.2) is 156 Å². The van der Waals surface area contributed by atoms with E-state index in [2.05, 4.69) is 171 Å². The first-order valence-electron chi connectivity index (χ1n) is 16.4. The van der Waals surface area contributed by atoms with Crippen LogP contribution in [-0.2, 0) is 5.41 Å². The fraction of sp³-hybridized carbons (Fsp3) is 0.182. The largest absolute Gasteiger partial charge is 0.314 e. The number of hydrogen-bond donors (Lipinski definition) is 1. The summed E-state index contributed by atoms with van der Waals surface area (Å²) < 4.78 is 0. The van der Waals surface area contributed by atoms with E-state index in [0.29, 0.717) is 11.8 Å². The maximum atomic E-state index is 4.96. The van der Waals surface area contributed by atoms with Gasteiger partial charge in [-0.05, 0) is 104 Å². The molecule has 1 nitrogen and oxygen atoms in total. The lowest BCUT2D eigenvalue weighted by Crippen LogP contribution is -2.25. The van der Waals surface area contributed by atoms with Gasteiger partial charge in [0.25, 0.3) is 0 Å². The summed E-state index contributed by atoms with van der Waals surface area (Å²) in [5.41, 5.74) is 11.9. The van der Waals surface area contributed by atoms with Gasteiger partial charge in [0.15, 0.2) is 0 Å². The number of fused-ring (bicyclic) bond motifs is 4. The minimum Gasteiger partial charge on any atom is -0.314 e. The molecule has 0 fully saturated rings. The molecule has 5 aromatic rings. The SMILES string of the molecule is Cc1ccccc1C1CC(N(c2ccc(C3=CC4C(C=C3)c3ccccc3C4(C)C)cc2)c2ccc3ccccc3c2)=CC=C1S. The van der Waals surface area contributed by atoms with E-state index in [-0.39, 0.29) is 11.3 Å². The lowest BCUT2D eigenvalue weighted by Gasteiger charge is -2.33. The Morgan fingerprint density at radius 2 is 1.41 bits per heavy atom. The van der Waals surface area contributed by atoms with Gasteiger partial charge in [-0.15, -0.1) is 12.6 Å². The maximum Gasteiger partial charge on any atom is 0.0464 e. The highest BCUT2D eigenvalue weighted by Crippen LogP contribution is 2.54. The number of aryl methyl sites for hydroxylation is 1. The van der Waals surface area contributed by atoms with Gasteiger partial charge in [0.1, 0.15) is 0 Å². The van der Waals surface area contributed by atoms with Gasteiger partial charge in [-0.25, -0.2) is 0 Å². The van der Waals surface area contributed by atoms with Crippen LogP contribution in [0.2, 0.25) is 0 Å². The summed E-state index contributed by atoms with van der Waals surface area (Å²) in [7, 11) is 0. The minimum absolute atomic E-state index is 0.102. The van der Waals surface area contributed by atoms with Crippen molar-refractivity contribution in [2.24, 2.45) is 5.92 Å². The van der Waals surface area contributed by atoms with Crippen LogP contribution in [0.25, 0.3) is 16.3 Å². The molecule has 3 unspecified atom stereocenters. The van der Waals surface area contributed by atoms with E-state index in [1.54, 1.807) is 0 Å². The highest BCUT2D eigenvalue weighted by Gasteiger charge is 2.44. The molecule has 0 aliphatic heterocycles. The first-order valence-corrected chi connectivity index (χ1v) is 16.9. The Labute approximate surface area is 278 Å². The monoisotopic (exact) mass is 613 g/mol. The number of thiol groups is 1. The van der Waals surface area contributed by atoms with Crippen LogP contribution >= 0.6 is 12.6 Å². The van der Waals surface area contributed by atoms with Crippen LogP contribution < -0.4 is 4.90 Å². The van der Waals surface area contributed by atoms with Crippen molar-refractivity contribution in [1.29, 1.82) is 0 Å². The maximum absolute atomic E-state index is 4.96. The van der Waals surface area contributed by atoms with Gasteiger partial charge in [-0.3, -0.25) is 0 Å². The number of nitrogens with zero attached hydrogens (tertiary/aromatic N) is 1. The smallest absolute Gasteiger partial charge is 0.0464 e. The molecule has 46 heavy (non-hydrogen) atoms. The van der Waals surface area contributed by atoms with Crippen molar-refractivity contribution in [2.45, 2.75) is 44.4 Å². The van der Waals surface area contributed by atoms with E-state index in [1.807, 2.05) is 0 Å². The Bertz CT molecular complexity index is 2090. The minimum atomic E-state index is 0.102. The molecule has 2 heteroatoms. The first-order chi connectivity index (χ1) is 22.4.